The van der Waals surface area contributed by atoms with Crippen molar-refractivity contribution >= 4 is 11.3 Å². The van der Waals surface area contributed by atoms with E-state index in [0.29, 0.717) is 0 Å². The Morgan fingerprint density at radius 1 is 1.35 bits per heavy atom. The number of thiazole rings is 1. The molecule has 1 N–H and O–H groups in total. The molecule has 0 bridgehead atoms. The van der Waals surface area contributed by atoms with Gasteiger partial charge in [0.2, 0.25) is 0 Å². The molecule has 0 spiro atoms. The molecule has 0 saturated heterocycles. The van der Waals surface area contributed by atoms with Gasteiger partial charge in [0.1, 0.15) is 5.75 Å². The van der Waals surface area contributed by atoms with E-state index in [1.807, 2.05) is 19.2 Å². The minimum atomic E-state index is 0.215. The first-order valence-electron chi connectivity index (χ1n) is 6.96. The normalized spacial score (nSPS) is 12.4. The number of hydrogen-bond donors (Lipinski definition) is 1. The first-order chi connectivity index (χ1) is 9.65. The molecule has 0 aliphatic heterocycles. The van der Waals surface area contributed by atoms with E-state index in [4.69, 9.17) is 4.74 Å². The van der Waals surface area contributed by atoms with Gasteiger partial charge in [-0.1, -0.05) is 13.0 Å². The Morgan fingerprint density at radius 2 is 2.15 bits per heavy atom. The third kappa shape index (κ3) is 3.38. The summed E-state index contributed by atoms with van der Waals surface area (Å²) in [5.41, 5.74) is 2.53. The summed E-state index contributed by atoms with van der Waals surface area (Å²) < 4.78 is 5.29. The van der Waals surface area contributed by atoms with Crippen molar-refractivity contribution in [2.45, 2.75) is 33.2 Å². The van der Waals surface area contributed by atoms with Gasteiger partial charge in [0.15, 0.2) is 0 Å². The molecule has 0 amide bonds. The van der Waals surface area contributed by atoms with Gasteiger partial charge in [-0.15, -0.1) is 11.3 Å². The number of nitrogens with zero attached hydrogens (tertiary/aromatic N) is 1. The quantitative estimate of drug-likeness (QED) is 0.877. The fourth-order valence-electron chi connectivity index (χ4n) is 2.26. The lowest BCUT2D eigenvalue weighted by Gasteiger charge is -2.20. The summed E-state index contributed by atoms with van der Waals surface area (Å²) in [6.45, 7) is 7.36. The molecule has 2 rings (SSSR count). The van der Waals surface area contributed by atoms with Gasteiger partial charge >= 0.3 is 0 Å². The minimum absolute atomic E-state index is 0.215. The standard InChI is InChI=1S/C16H22N2OS/c1-5-8-17-16(15-10-18-12(3)20-15)14-7-6-13(19-4)9-11(14)2/h6-7,9-10,16-17H,5,8H2,1-4H3. The Bertz CT molecular complexity index is 565. The van der Waals surface area contributed by atoms with Crippen molar-refractivity contribution in [2.24, 2.45) is 0 Å². The minimum Gasteiger partial charge on any atom is -0.497 e. The SMILES string of the molecule is CCCNC(c1cnc(C)s1)c1ccc(OC)cc1C. The van der Waals surface area contributed by atoms with Crippen molar-refractivity contribution in [2.75, 3.05) is 13.7 Å². The van der Waals surface area contributed by atoms with Crippen LogP contribution in [-0.4, -0.2) is 18.6 Å². The molecule has 108 valence electrons. The van der Waals surface area contributed by atoms with Crippen LogP contribution < -0.4 is 10.1 Å². The van der Waals surface area contributed by atoms with Crippen LogP contribution in [-0.2, 0) is 0 Å². The summed E-state index contributed by atoms with van der Waals surface area (Å²) in [4.78, 5) is 5.66. The summed E-state index contributed by atoms with van der Waals surface area (Å²) in [6, 6.07) is 6.48. The van der Waals surface area contributed by atoms with Crippen molar-refractivity contribution < 1.29 is 4.74 Å². The van der Waals surface area contributed by atoms with Gasteiger partial charge < -0.3 is 10.1 Å². The van der Waals surface area contributed by atoms with E-state index in [0.717, 1.165) is 23.7 Å². The zero-order chi connectivity index (χ0) is 14.5. The van der Waals surface area contributed by atoms with Crippen LogP contribution in [0, 0.1) is 13.8 Å². The lowest BCUT2D eigenvalue weighted by atomic mass is 10.00. The highest BCUT2D eigenvalue weighted by Crippen LogP contribution is 2.30. The van der Waals surface area contributed by atoms with E-state index in [9.17, 15) is 0 Å². The highest BCUT2D eigenvalue weighted by Gasteiger charge is 2.18. The summed E-state index contributed by atoms with van der Waals surface area (Å²) in [7, 11) is 1.70. The Labute approximate surface area is 125 Å². The van der Waals surface area contributed by atoms with Gasteiger partial charge in [0, 0.05) is 11.1 Å². The monoisotopic (exact) mass is 290 g/mol. The highest BCUT2D eigenvalue weighted by atomic mass is 32.1. The lowest BCUT2D eigenvalue weighted by molar-refractivity contribution is 0.414. The molecule has 2 aromatic rings. The average molecular weight is 290 g/mol. The lowest BCUT2D eigenvalue weighted by Crippen LogP contribution is -2.23. The van der Waals surface area contributed by atoms with E-state index >= 15 is 0 Å². The van der Waals surface area contributed by atoms with Crippen molar-refractivity contribution in [1.29, 1.82) is 0 Å². The maximum Gasteiger partial charge on any atom is 0.119 e. The summed E-state index contributed by atoms with van der Waals surface area (Å²) >= 11 is 1.75. The predicted octanol–water partition coefficient (Wildman–Crippen LogP) is 3.86. The van der Waals surface area contributed by atoms with E-state index in [-0.39, 0.29) is 6.04 Å². The van der Waals surface area contributed by atoms with Gasteiger partial charge in [0.25, 0.3) is 0 Å². The van der Waals surface area contributed by atoms with Crippen LogP contribution in [0.25, 0.3) is 0 Å². The van der Waals surface area contributed by atoms with Gasteiger partial charge in [-0.05, 0) is 50.1 Å². The van der Waals surface area contributed by atoms with Crippen LogP contribution in [0.3, 0.4) is 0 Å². The Morgan fingerprint density at radius 3 is 2.70 bits per heavy atom. The van der Waals surface area contributed by atoms with Crippen molar-refractivity contribution in [3.8, 4) is 5.75 Å². The molecule has 1 atom stereocenters. The van der Waals surface area contributed by atoms with Crippen LogP contribution >= 0.6 is 11.3 Å². The van der Waals surface area contributed by atoms with Gasteiger partial charge in [-0.25, -0.2) is 4.98 Å². The molecule has 1 aromatic carbocycles. The highest BCUT2D eigenvalue weighted by molar-refractivity contribution is 7.11. The van der Waals surface area contributed by atoms with E-state index < -0.39 is 0 Å². The molecule has 1 aromatic heterocycles. The molecular formula is C16H22N2OS. The maximum atomic E-state index is 5.29. The molecular weight excluding hydrogens is 268 g/mol. The summed E-state index contributed by atoms with van der Waals surface area (Å²) in [6.07, 6.45) is 3.10. The summed E-state index contributed by atoms with van der Waals surface area (Å²) in [5.74, 6) is 0.904. The second-order valence-corrected chi connectivity index (χ2v) is 6.16. The molecule has 0 saturated carbocycles. The molecule has 0 aliphatic rings. The molecule has 0 fully saturated rings. The van der Waals surface area contributed by atoms with E-state index in [1.54, 1.807) is 18.4 Å². The number of nitrogens with one attached hydrogen (secondary N) is 1. The Hall–Kier alpha value is -1.39. The molecule has 20 heavy (non-hydrogen) atoms. The van der Waals surface area contributed by atoms with Crippen LogP contribution in [0.2, 0.25) is 0 Å². The van der Waals surface area contributed by atoms with Crippen LogP contribution in [0.1, 0.15) is 40.4 Å². The third-order valence-electron chi connectivity index (χ3n) is 3.31. The zero-order valence-electron chi connectivity index (χ0n) is 12.6. The second kappa shape index (κ2) is 6.86. The number of ether oxygens (including phenoxy) is 1. The molecule has 1 heterocycles. The van der Waals surface area contributed by atoms with Gasteiger partial charge in [0.05, 0.1) is 18.2 Å². The number of aromatic nitrogens is 1. The fraction of sp³-hybridized carbons (Fsp3) is 0.438. The molecule has 3 nitrogen and oxygen atoms in total. The van der Waals surface area contributed by atoms with Crippen molar-refractivity contribution in [3.63, 3.8) is 0 Å². The number of aryl methyl sites for hydroxylation is 2. The second-order valence-electron chi connectivity index (χ2n) is 4.89. The maximum absolute atomic E-state index is 5.29. The first-order valence-corrected chi connectivity index (χ1v) is 7.77. The predicted molar refractivity (Wildman–Crippen MR) is 84.7 cm³/mol. The van der Waals surface area contributed by atoms with Crippen LogP contribution in [0.15, 0.2) is 24.4 Å². The van der Waals surface area contributed by atoms with E-state index in [2.05, 4.69) is 36.3 Å². The summed E-state index contributed by atoms with van der Waals surface area (Å²) in [5, 5.41) is 4.73. The topological polar surface area (TPSA) is 34.2 Å². The van der Waals surface area contributed by atoms with Crippen molar-refractivity contribution in [1.82, 2.24) is 10.3 Å². The smallest absolute Gasteiger partial charge is 0.119 e. The third-order valence-corrected chi connectivity index (χ3v) is 4.29. The molecule has 0 radical (unpaired) electrons. The number of rotatable bonds is 6. The Kier molecular flexibility index (Phi) is 5.15. The van der Waals surface area contributed by atoms with Crippen LogP contribution in [0.5, 0.6) is 5.75 Å². The molecule has 0 aliphatic carbocycles. The van der Waals surface area contributed by atoms with Crippen LogP contribution in [0.4, 0.5) is 0 Å². The van der Waals surface area contributed by atoms with Gasteiger partial charge in [-0.2, -0.15) is 0 Å². The number of methoxy groups -OCH3 is 1. The van der Waals surface area contributed by atoms with Gasteiger partial charge in [-0.3, -0.25) is 0 Å². The average Bonchev–Trinajstić information content (AvgIpc) is 2.87. The molecule has 1 unspecified atom stereocenters. The van der Waals surface area contributed by atoms with Crippen molar-refractivity contribution in [3.05, 3.63) is 45.4 Å². The fourth-order valence-corrected chi connectivity index (χ4v) is 3.14. The molecule has 4 heteroatoms. The first kappa shape index (κ1) is 15.0. The zero-order valence-corrected chi connectivity index (χ0v) is 13.4. The number of benzene rings is 1. The number of hydrogen-bond acceptors (Lipinski definition) is 4. The largest absolute Gasteiger partial charge is 0.497 e. The van der Waals surface area contributed by atoms with E-state index in [1.165, 1.54) is 16.0 Å². The Balaban J connectivity index is 2.35.